The number of amides is 1. The Bertz CT molecular complexity index is 690. The highest BCUT2D eigenvalue weighted by Crippen LogP contribution is 2.38. The first kappa shape index (κ1) is 21.1. The van der Waals surface area contributed by atoms with Crippen molar-refractivity contribution in [2.45, 2.75) is 44.2 Å². The molecule has 5 nitrogen and oxygen atoms in total. The molecule has 2 aliphatic heterocycles. The Hall–Kier alpha value is -1.14. The van der Waals surface area contributed by atoms with Crippen molar-refractivity contribution in [2.24, 2.45) is 11.8 Å². The number of hydrogen-bond donors (Lipinski definition) is 1. The fourth-order valence-electron chi connectivity index (χ4n) is 5.41. The molecule has 1 aromatic carbocycles. The van der Waals surface area contributed by atoms with Gasteiger partial charge in [-0.25, -0.2) is 0 Å². The minimum atomic E-state index is -0.250. The molecule has 4 atom stereocenters. The van der Waals surface area contributed by atoms with Gasteiger partial charge in [-0.2, -0.15) is 0 Å². The van der Waals surface area contributed by atoms with Gasteiger partial charge in [0.25, 0.3) is 0 Å². The van der Waals surface area contributed by atoms with Crippen LogP contribution in [0.1, 0.15) is 31.2 Å². The van der Waals surface area contributed by atoms with E-state index in [0.29, 0.717) is 18.3 Å². The minimum Gasteiger partial charge on any atom is -0.391 e. The third kappa shape index (κ3) is 5.13. The Morgan fingerprint density at radius 2 is 1.72 bits per heavy atom. The standard InChI is InChI=1S/C23H34ClN3O2/c1-25-9-11-26(12-10-25)21-13-18-15-27(16-19(18)14-22(21)28)23(29)4-2-3-17-5-7-20(24)8-6-17/h5-8,18-19,21-22,28H,2-4,9-16H2,1H3/t18-,19+,21-,22-/m1/s1. The number of aryl methyl sites for hydroxylation is 1. The zero-order valence-electron chi connectivity index (χ0n) is 17.5. The molecule has 1 saturated carbocycles. The normalized spacial score (nSPS) is 31.1. The van der Waals surface area contributed by atoms with Gasteiger partial charge in [0.2, 0.25) is 5.91 Å². The summed E-state index contributed by atoms with van der Waals surface area (Å²) < 4.78 is 0. The summed E-state index contributed by atoms with van der Waals surface area (Å²) in [6.07, 6.45) is 4.01. The van der Waals surface area contributed by atoms with E-state index < -0.39 is 0 Å². The number of benzene rings is 1. The third-order valence-corrected chi connectivity index (χ3v) is 7.49. The first-order valence-electron chi connectivity index (χ1n) is 11.1. The number of likely N-dealkylation sites (tertiary alicyclic amines) is 1. The summed E-state index contributed by atoms with van der Waals surface area (Å²) in [6.45, 7) is 5.95. The summed E-state index contributed by atoms with van der Waals surface area (Å²) in [6, 6.07) is 8.16. The number of carbonyl (C=O) groups excluding carboxylic acids is 1. The van der Waals surface area contributed by atoms with Gasteiger partial charge >= 0.3 is 0 Å². The number of piperazine rings is 1. The van der Waals surface area contributed by atoms with Gasteiger partial charge in [0.1, 0.15) is 0 Å². The number of likely N-dealkylation sites (N-methyl/N-ethyl adjacent to an activating group) is 1. The van der Waals surface area contributed by atoms with E-state index in [1.54, 1.807) is 0 Å². The van der Waals surface area contributed by atoms with Crippen LogP contribution in [0, 0.1) is 11.8 Å². The van der Waals surface area contributed by atoms with E-state index in [-0.39, 0.29) is 18.1 Å². The number of aliphatic hydroxyl groups is 1. The Morgan fingerprint density at radius 3 is 2.41 bits per heavy atom. The summed E-state index contributed by atoms with van der Waals surface area (Å²) >= 11 is 5.93. The Kier molecular flexibility index (Phi) is 6.80. The van der Waals surface area contributed by atoms with Crippen LogP contribution in [0.4, 0.5) is 0 Å². The summed E-state index contributed by atoms with van der Waals surface area (Å²) in [4.78, 5) is 19.7. The molecule has 160 valence electrons. The lowest BCUT2D eigenvalue weighted by Gasteiger charge is -2.44. The molecule has 6 heteroatoms. The smallest absolute Gasteiger partial charge is 0.222 e. The number of carbonyl (C=O) groups is 1. The van der Waals surface area contributed by atoms with Crippen molar-refractivity contribution < 1.29 is 9.90 Å². The summed E-state index contributed by atoms with van der Waals surface area (Å²) in [5.41, 5.74) is 1.23. The van der Waals surface area contributed by atoms with Gasteiger partial charge in [-0.3, -0.25) is 9.69 Å². The Labute approximate surface area is 179 Å². The van der Waals surface area contributed by atoms with E-state index in [1.807, 2.05) is 24.3 Å². The lowest BCUT2D eigenvalue weighted by atomic mass is 9.77. The fourth-order valence-corrected chi connectivity index (χ4v) is 5.54. The third-order valence-electron chi connectivity index (χ3n) is 7.24. The fraction of sp³-hybridized carbons (Fsp3) is 0.696. The van der Waals surface area contributed by atoms with Crippen LogP contribution in [0.25, 0.3) is 0 Å². The number of aliphatic hydroxyl groups excluding tert-OH is 1. The minimum absolute atomic E-state index is 0.250. The number of hydrogen-bond acceptors (Lipinski definition) is 4. The van der Waals surface area contributed by atoms with Gasteiger partial charge in [-0.15, -0.1) is 0 Å². The number of halogens is 1. The first-order valence-corrected chi connectivity index (χ1v) is 11.5. The highest BCUT2D eigenvalue weighted by molar-refractivity contribution is 6.30. The molecule has 0 bridgehead atoms. The maximum atomic E-state index is 12.8. The maximum absolute atomic E-state index is 12.8. The predicted molar refractivity (Wildman–Crippen MR) is 116 cm³/mol. The second kappa shape index (κ2) is 9.34. The molecule has 0 unspecified atom stereocenters. The molecule has 3 aliphatic rings. The van der Waals surface area contributed by atoms with Crippen molar-refractivity contribution >= 4 is 17.5 Å². The van der Waals surface area contributed by atoms with Gasteiger partial charge in [0.05, 0.1) is 6.10 Å². The van der Waals surface area contributed by atoms with E-state index in [1.165, 1.54) is 5.56 Å². The molecule has 0 aromatic heterocycles. The second-order valence-corrected chi connectivity index (χ2v) is 9.68. The lowest BCUT2D eigenvalue weighted by Crippen LogP contribution is -2.55. The molecule has 0 radical (unpaired) electrons. The largest absolute Gasteiger partial charge is 0.391 e. The van der Waals surface area contributed by atoms with E-state index in [4.69, 9.17) is 11.6 Å². The maximum Gasteiger partial charge on any atom is 0.222 e. The average Bonchev–Trinajstić information content (AvgIpc) is 3.12. The van der Waals surface area contributed by atoms with Gasteiger partial charge in [0, 0.05) is 56.8 Å². The lowest BCUT2D eigenvalue weighted by molar-refractivity contribution is -0.130. The van der Waals surface area contributed by atoms with E-state index in [2.05, 4.69) is 21.7 Å². The van der Waals surface area contributed by atoms with Crippen LogP contribution in [0.5, 0.6) is 0 Å². The summed E-state index contributed by atoms with van der Waals surface area (Å²) in [5.74, 6) is 1.29. The highest BCUT2D eigenvalue weighted by Gasteiger charge is 2.44. The number of rotatable bonds is 5. The molecule has 29 heavy (non-hydrogen) atoms. The zero-order valence-corrected chi connectivity index (χ0v) is 18.2. The SMILES string of the molecule is CN1CCN([C@@H]2C[C@@H]3CN(C(=O)CCCc4ccc(Cl)cc4)C[C@@H]3C[C@H]2O)CC1. The molecule has 4 rings (SSSR count). The van der Waals surface area contributed by atoms with Crippen LogP contribution in [0.15, 0.2) is 24.3 Å². The second-order valence-electron chi connectivity index (χ2n) is 9.24. The Morgan fingerprint density at radius 1 is 1.07 bits per heavy atom. The van der Waals surface area contributed by atoms with Crippen molar-refractivity contribution in [1.82, 2.24) is 14.7 Å². The van der Waals surface area contributed by atoms with Crippen molar-refractivity contribution in [3.8, 4) is 0 Å². The number of nitrogens with zero attached hydrogens (tertiary/aromatic N) is 3. The van der Waals surface area contributed by atoms with Gasteiger partial charge in [-0.1, -0.05) is 23.7 Å². The van der Waals surface area contributed by atoms with Gasteiger partial charge < -0.3 is 14.9 Å². The average molecular weight is 420 g/mol. The molecule has 3 fully saturated rings. The highest BCUT2D eigenvalue weighted by atomic mass is 35.5. The zero-order chi connectivity index (χ0) is 20.4. The van der Waals surface area contributed by atoms with Crippen LogP contribution in [0.2, 0.25) is 5.02 Å². The molecule has 2 saturated heterocycles. The van der Waals surface area contributed by atoms with Crippen LogP contribution >= 0.6 is 11.6 Å². The number of fused-ring (bicyclic) bond motifs is 1. The van der Waals surface area contributed by atoms with Crippen molar-refractivity contribution in [1.29, 1.82) is 0 Å². The topological polar surface area (TPSA) is 47.0 Å². The molecule has 1 aromatic rings. The van der Waals surface area contributed by atoms with E-state index in [9.17, 15) is 9.90 Å². The van der Waals surface area contributed by atoms with E-state index >= 15 is 0 Å². The summed E-state index contributed by atoms with van der Waals surface area (Å²) in [5, 5.41) is 11.5. The van der Waals surface area contributed by atoms with Crippen LogP contribution < -0.4 is 0 Å². The van der Waals surface area contributed by atoms with Crippen molar-refractivity contribution in [3.05, 3.63) is 34.9 Å². The Balaban J connectivity index is 1.25. The molecular formula is C23H34ClN3O2. The molecule has 1 aliphatic carbocycles. The molecule has 2 heterocycles. The molecule has 1 amide bonds. The van der Waals surface area contributed by atoms with Crippen LogP contribution in [-0.4, -0.2) is 84.2 Å². The quantitative estimate of drug-likeness (QED) is 0.796. The monoisotopic (exact) mass is 419 g/mol. The van der Waals surface area contributed by atoms with Crippen LogP contribution in [0.3, 0.4) is 0 Å². The molecule has 0 spiro atoms. The van der Waals surface area contributed by atoms with Crippen molar-refractivity contribution in [2.75, 3.05) is 46.3 Å². The van der Waals surface area contributed by atoms with Gasteiger partial charge in [-0.05, 0) is 62.3 Å². The first-order chi connectivity index (χ1) is 14.0. The van der Waals surface area contributed by atoms with E-state index in [0.717, 1.165) is 70.0 Å². The molecular weight excluding hydrogens is 386 g/mol. The predicted octanol–water partition coefficient (Wildman–Crippen LogP) is 2.51. The summed E-state index contributed by atoms with van der Waals surface area (Å²) in [7, 11) is 2.16. The van der Waals surface area contributed by atoms with Crippen molar-refractivity contribution in [3.63, 3.8) is 0 Å². The molecule has 1 N–H and O–H groups in total. The van der Waals surface area contributed by atoms with Gasteiger partial charge in [0.15, 0.2) is 0 Å². The van der Waals surface area contributed by atoms with Crippen LogP contribution in [-0.2, 0) is 11.2 Å².